The fraction of sp³-hybridized carbons (Fsp3) is 0.296. The molecule has 1 aliphatic heterocycles. The van der Waals surface area contributed by atoms with Gasteiger partial charge in [0.1, 0.15) is 11.3 Å². The molecule has 0 radical (unpaired) electrons. The lowest BCUT2D eigenvalue weighted by Crippen LogP contribution is -2.40. The molecule has 4 rings (SSSR count). The molecule has 13 heteroatoms. The molecular formula is C27H26Cl2N6O5. The van der Waals surface area contributed by atoms with Crippen molar-refractivity contribution in [3.05, 3.63) is 69.7 Å². The fourth-order valence-corrected chi connectivity index (χ4v) is 5.33. The third-order valence-corrected chi connectivity index (χ3v) is 7.15. The number of furan rings is 1. The Morgan fingerprint density at radius 1 is 1.32 bits per heavy atom. The van der Waals surface area contributed by atoms with Crippen molar-refractivity contribution in [3.8, 4) is 6.19 Å². The van der Waals surface area contributed by atoms with Crippen LogP contribution >= 0.6 is 23.2 Å². The molecule has 1 aromatic carbocycles. The second-order valence-corrected chi connectivity index (χ2v) is 9.94. The number of hydrogen-bond donors (Lipinski definition) is 4. The first-order valence-electron chi connectivity index (χ1n) is 12.5. The molecule has 1 aromatic heterocycles. The molecular weight excluding hydrogens is 559 g/mol. The van der Waals surface area contributed by atoms with Crippen molar-refractivity contribution in [2.75, 3.05) is 19.6 Å². The first-order chi connectivity index (χ1) is 19.2. The average Bonchev–Trinajstić information content (AvgIpc) is 3.37. The first-order valence-corrected chi connectivity index (χ1v) is 13.3. The number of amides is 2. The number of nitrogens with one attached hydrogen (secondary N) is 3. The van der Waals surface area contributed by atoms with E-state index in [2.05, 4.69) is 20.9 Å². The molecule has 2 aromatic rings. The summed E-state index contributed by atoms with van der Waals surface area (Å²) in [6, 6.07) is 9.07. The number of aliphatic imine (C=N–C) groups is 1. The Bertz CT molecular complexity index is 1480. The highest BCUT2D eigenvalue weighted by Gasteiger charge is 2.36. The van der Waals surface area contributed by atoms with Crippen LogP contribution in [0.1, 0.15) is 36.7 Å². The van der Waals surface area contributed by atoms with Crippen LogP contribution in [-0.4, -0.2) is 58.8 Å². The van der Waals surface area contributed by atoms with Crippen molar-refractivity contribution in [1.29, 1.82) is 5.26 Å². The minimum Gasteiger partial charge on any atom is -0.477 e. The Labute approximate surface area is 239 Å². The van der Waals surface area contributed by atoms with E-state index in [-0.39, 0.29) is 41.2 Å². The number of allylic oxidation sites excluding steroid dienone is 1. The molecule has 2 amide bonds. The highest BCUT2D eigenvalue weighted by atomic mass is 35.5. The second-order valence-electron chi connectivity index (χ2n) is 9.04. The second kappa shape index (κ2) is 12.7. The van der Waals surface area contributed by atoms with Gasteiger partial charge in [0.2, 0.25) is 5.96 Å². The molecule has 40 heavy (non-hydrogen) atoms. The summed E-state index contributed by atoms with van der Waals surface area (Å²) in [5, 5.41) is 25.8. The predicted octanol–water partition coefficient (Wildman–Crippen LogP) is 3.55. The SMILES string of the molecule is CCCN=C(NC#N)N/C=C(/NC(=O)C1=C(Cl)C2=C(CC1Cl)CN(C(=O)c1cc3ccccc3o1)CC2)C(=O)O. The number of nitriles is 1. The van der Waals surface area contributed by atoms with Gasteiger partial charge in [-0.05, 0) is 42.5 Å². The van der Waals surface area contributed by atoms with E-state index in [9.17, 15) is 19.5 Å². The summed E-state index contributed by atoms with van der Waals surface area (Å²) in [6.07, 6.45) is 4.06. The third-order valence-electron chi connectivity index (χ3n) is 6.35. The fourth-order valence-electron chi connectivity index (χ4n) is 4.44. The zero-order chi connectivity index (χ0) is 28.8. The van der Waals surface area contributed by atoms with Crippen LogP contribution in [-0.2, 0) is 9.59 Å². The van der Waals surface area contributed by atoms with Crippen molar-refractivity contribution in [2.24, 2.45) is 4.99 Å². The molecule has 0 saturated carbocycles. The Kier molecular flexibility index (Phi) is 9.14. The van der Waals surface area contributed by atoms with E-state index < -0.39 is 23.0 Å². The summed E-state index contributed by atoms with van der Waals surface area (Å²) < 4.78 is 5.73. The lowest BCUT2D eigenvalue weighted by Gasteiger charge is -2.35. The zero-order valence-corrected chi connectivity index (χ0v) is 23.0. The van der Waals surface area contributed by atoms with Crippen molar-refractivity contribution in [3.63, 3.8) is 0 Å². The van der Waals surface area contributed by atoms with Crippen LogP contribution in [0.25, 0.3) is 11.0 Å². The number of benzene rings is 1. The van der Waals surface area contributed by atoms with E-state index in [1.54, 1.807) is 23.2 Å². The molecule has 1 unspecified atom stereocenters. The minimum absolute atomic E-state index is 0.0289. The number of carboxylic acid groups (broad SMARTS) is 1. The molecule has 208 valence electrons. The third kappa shape index (κ3) is 6.30. The molecule has 0 saturated heterocycles. The van der Waals surface area contributed by atoms with Crippen LogP contribution in [0.4, 0.5) is 0 Å². The number of carboxylic acids is 1. The molecule has 1 atom stereocenters. The Hall–Kier alpha value is -4.27. The highest BCUT2D eigenvalue weighted by Crippen LogP contribution is 2.40. The first kappa shape index (κ1) is 28.7. The number of guanidine groups is 1. The summed E-state index contributed by atoms with van der Waals surface area (Å²) in [5.74, 6) is -2.19. The maximum absolute atomic E-state index is 13.1. The van der Waals surface area contributed by atoms with Gasteiger partial charge in [-0.2, -0.15) is 5.26 Å². The lowest BCUT2D eigenvalue weighted by molar-refractivity contribution is -0.134. The van der Waals surface area contributed by atoms with Gasteiger partial charge in [0, 0.05) is 31.2 Å². The van der Waals surface area contributed by atoms with Gasteiger partial charge in [-0.3, -0.25) is 19.9 Å². The highest BCUT2D eigenvalue weighted by molar-refractivity contribution is 6.37. The smallest absolute Gasteiger partial charge is 0.353 e. The summed E-state index contributed by atoms with van der Waals surface area (Å²) in [7, 11) is 0. The minimum atomic E-state index is -1.43. The standard InChI is InChI=1S/C27H26Cl2N6O5/c1-2-8-31-27(33-14-30)32-12-19(26(38)39)34-24(36)22-18(28)10-16-13-35(9-7-17(16)23(22)29)25(37)21-11-15-5-3-4-6-20(15)40-21/h3-6,11-12,18H,2,7-10,13H2,1H3,(H,34,36)(H,38,39)(H2,31,32,33)/b19-12+. The molecule has 1 aliphatic carbocycles. The maximum atomic E-state index is 13.1. The van der Waals surface area contributed by atoms with Crippen LogP contribution in [0.3, 0.4) is 0 Å². The van der Waals surface area contributed by atoms with Gasteiger partial charge in [-0.1, -0.05) is 36.7 Å². The van der Waals surface area contributed by atoms with Crippen molar-refractivity contribution < 1.29 is 23.9 Å². The number of carbonyl (C=O) groups is 3. The quantitative estimate of drug-likeness (QED) is 0.0959. The zero-order valence-electron chi connectivity index (χ0n) is 21.5. The number of halogens is 2. The number of rotatable bonds is 7. The summed E-state index contributed by atoms with van der Waals surface area (Å²) >= 11 is 13.2. The van der Waals surface area contributed by atoms with Gasteiger partial charge in [0.15, 0.2) is 12.0 Å². The lowest BCUT2D eigenvalue weighted by atomic mass is 9.86. The molecule has 2 aliphatic rings. The summed E-state index contributed by atoms with van der Waals surface area (Å²) in [4.78, 5) is 43.8. The number of nitrogens with zero attached hydrogens (tertiary/aromatic N) is 3. The van der Waals surface area contributed by atoms with E-state index >= 15 is 0 Å². The molecule has 4 N–H and O–H groups in total. The predicted molar refractivity (Wildman–Crippen MR) is 149 cm³/mol. The number of carbonyl (C=O) groups excluding carboxylic acids is 2. The summed E-state index contributed by atoms with van der Waals surface area (Å²) in [5.41, 5.74) is 1.71. The van der Waals surface area contributed by atoms with Crippen molar-refractivity contribution >= 4 is 57.9 Å². The van der Waals surface area contributed by atoms with E-state index in [1.165, 1.54) is 0 Å². The van der Waals surface area contributed by atoms with E-state index in [0.29, 0.717) is 37.1 Å². The molecule has 2 heterocycles. The monoisotopic (exact) mass is 584 g/mol. The van der Waals surface area contributed by atoms with Gasteiger partial charge in [-0.15, -0.1) is 11.6 Å². The molecule has 11 nitrogen and oxygen atoms in total. The maximum Gasteiger partial charge on any atom is 0.353 e. The van der Waals surface area contributed by atoms with Crippen LogP contribution in [0.5, 0.6) is 0 Å². The summed E-state index contributed by atoms with van der Waals surface area (Å²) in [6.45, 7) is 2.91. The van der Waals surface area contributed by atoms with Crippen LogP contribution in [0, 0.1) is 11.5 Å². The van der Waals surface area contributed by atoms with Crippen molar-refractivity contribution in [2.45, 2.75) is 31.6 Å². The number of para-hydroxylation sites is 1. The largest absolute Gasteiger partial charge is 0.477 e. The number of aliphatic carboxylic acids is 1. The Balaban J connectivity index is 1.51. The van der Waals surface area contributed by atoms with Crippen LogP contribution in [0.15, 0.2) is 73.4 Å². The molecule has 0 fully saturated rings. The number of alkyl halides is 1. The van der Waals surface area contributed by atoms with Gasteiger partial charge >= 0.3 is 5.97 Å². The topological polar surface area (TPSA) is 160 Å². The van der Waals surface area contributed by atoms with Crippen LogP contribution < -0.4 is 16.0 Å². The van der Waals surface area contributed by atoms with Crippen LogP contribution in [0.2, 0.25) is 0 Å². The number of hydrogen-bond acceptors (Lipinski definition) is 6. The van der Waals surface area contributed by atoms with Gasteiger partial charge < -0.3 is 25.1 Å². The Morgan fingerprint density at radius 3 is 2.80 bits per heavy atom. The average molecular weight is 585 g/mol. The normalized spacial score (nSPS) is 17.9. The Morgan fingerprint density at radius 2 is 2.10 bits per heavy atom. The van der Waals surface area contributed by atoms with Crippen molar-refractivity contribution in [1.82, 2.24) is 20.9 Å². The van der Waals surface area contributed by atoms with Gasteiger partial charge in [0.05, 0.1) is 16.0 Å². The van der Waals surface area contributed by atoms with Gasteiger partial charge in [-0.25, -0.2) is 4.79 Å². The van der Waals surface area contributed by atoms with Gasteiger partial charge in [0.25, 0.3) is 11.8 Å². The number of fused-ring (bicyclic) bond motifs is 1. The molecule has 0 spiro atoms. The van der Waals surface area contributed by atoms with E-state index in [0.717, 1.165) is 17.2 Å². The van der Waals surface area contributed by atoms with E-state index in [1.807, 2.05) is 25.1 Å². The van der Waals surface area contributed by atoms with E-state index in [4.69, 9.17) is 32.9 Å². The molecule has 0 bridgehead atoms.